The zero-order valence-electron chi connectivity index (χ0n) is 23.2. The van der Waals surface area contributed by atoms with Gasteiger partial charge in [-0.25, -0.2) is 9.37 Å². The van der Waals surface area contributed by atoms with E-state index in [0.717, 1.165) is 33.6 Å². The van der Waals surface area contributed by atoms with Crippen LogP contribution in [0.2, 0.25) is 0 Å². The first-order valence-corrected chi connectivity index (χ1v) is 14.0. The van der Waals surface area contributed by atoms with Crippen LogP contribution in [0, 0.1) is 12.7 Å². The van der Waals surface area contributed by atoms with Gasteiger partial charge in [-0.1, -0.05) is 38.1 Å². The summed E-state index contributed by atoms with van der Waals surface area (Å²) in [5.74, 6) is 1.74. The Balaban J connectivity index is 1.54. The second-order valence-electron chi connectivity index (χ2n) is 9.99. The van der Waals surface area contributed by atoms with Crippen molar-refractivity contribution < 1.29 is 13.9 Å². The summed E-state index contributed by atoms with van der Waals surface area (Å²) in [6.07, 6.45) is 1.62. The number of fused-ring (bicyclic) bond motifs is 1. The SMILES string of the molecule is COc1cc(C)c(-c2nc3ccccc3c(=O)n2N=Cc2ccc(OCc3cccc(F)c3)c(Br)c2)cc1C(C)C. The Morgan fingerprint density at radius 2 is 1.83 bits per heavy atom. The summed E-state index contributed by atoms with van der Waals surface area (Å²) in [6, 6.07) is 23.0. The van der Waals surface area contributed by atoms with Crippen molar-refractivity contribution in [2.24, 2.45) is 5.10 Å². The molecule has 0 aliphatic heterocycles. The molecule has 41 heavy (non-hydrogen) atoms. The Morgan fingerprint density at radius 1 is 1.02 bits per heavy atom. The Kier molecular flexibility index (Phi) is 8.31. The topological polar surface area (TPSA) is 65.7 Å². The van der Waals surface area contributed by atoms with Gasteiger partial charge in [0.15, 0.2) is 5.82 Å². The normalized spacial score (nSPS) is 11.5. The number of methoxy groups -OCH3 is 1. The average molecular weight is 615 g/mol. The van der Waals surface area contributed by atoms with Crippen LogP contribution in [0.25, 0.3) is 22.3 Å². The molecule has 8 heteroatoms. The lowest BCUT2D eigenvalue weighted by atomic mass is 9.96. The van der Waals surface area contributed by atoms with E-state index in [1.807, 2.05) is 49.4 Å². The molecule has 5 rings (SSSR count). The van der Waals surface area contributed by atoms with E-state index in [4.69, 9.17) is 14.5 Å². The van der Waals surface area contributed by atoms with Gasteiger partial charge in [0.1, 0.15) is 23.9 Å². The van der Waals surface area contributed by atoms with Crippen molar-refractivity contribution in [1.82, 2.24) is 9.66 Å². The summed E-state index contributed by atoms with van der Waals surface area (Å²) in [5.41, 5.74) is 4.54. The molecular weight excluding hydrogens is 585 g/mol. The second kappa shape index (κ2) is 12.1. The largest absolute Gasteiger partial charge is 0.496 e. The molecule has 208 valence electrons. The first-order valence-electron chi connectivity index (χ1n) is 13.2. The summed E-state index contributed by atoms with van der Waals surface area (Å²) < 4.78 is 27.0. The molecule has 0 spiro atoms. The van der Waals surface area contributed by atoms with Gasteiger partial charge in [0.25, 0.3) is 5.56 Å². The number of halogens is 2. The third-order valence-electron chi connectivity index (χ3n) is 6.76. The van der Waals surface area contributed by atoms with Gasteiger partial charge in [-0.2, -0.15) is 9.78 Å². The van der Waals surface area contributed by atoms with Crippen molar-refractivity contribution in [2.75, 3.05) is 7.11 Å². The minimum Gasteiger partial charge on any atom is -0.496 e. The summed E-state index contributed by atoms with van der Waals surface area (Å²) in [6.45, 7) is 6.39. The molecule has 0 saturated heterocycles. The standard InChI is InChI=1S/C33H29BrFN3O3/c1-20(2)26-17-27(21(3)14-31(26)40-4)32-37-29-11-6-5-10-25(29)33(39)38(32)36-18-22-12-13-30(28(34)16-22)41-19-23-8-7-9-24(35)15-23/h5-18,20H,19H2,1-4H3. The monoisotopic (exact) mass is 613 g/mol. The minimum atomic E-state index is -0.306. The van der Waals surface area contributed by atoms with E-state index in [-0.39, 0.29) is 23.9 Å². The van der Waals surface area contributed by atoms with Crippen LogP contribution in [0.1, 0.15) is 42.0 Å². The first-order chi connectivity index (χ1) is 19.7. The zero-order chi connectivity index (χ0) is 29.1. The fourth-order valence-electron chi connectivity index (χ4n) is 4.60. The van der Waals surface area contributed by atoms with Crippen molar-refractivity contribution in [3.8, 4) is 22.9 Å². The Morgan fingerprint density at radius 3 is 2.56 bits per heavy atom. The number of benzene rings is 4. The number of nitrogens with zero attached hydrogens (tertiary/aromatic N) is 3. The zero-order valence-corrected chi connectivity index (χ0v) is 24.8. The van der Waals surface area contributed by atoms with Gasteiger partial charge in [-0.15, -0.1) is 0 Å². The van der Waals surface area contributed by atoms with Crippen LogP contribution in [0.5, 0.6) is 11.5 Å². The van der Waals surface area contributed by atoms with Gasteiger partial charge in [-0.3, -0.25) is 4.79 Å². The maximum absolute atomic E-state index is 13.7. The maximum Gasteiger partial charge on any atom is 0.282 e. The molecule has 0 atom stereocenters. The summed E-state index contributed by atoms with van der Waals surface area (Å²) in [7, 11) is 1.66. The van der Waals surface area contributed by atoms with Gasteiger partial charge < -0.3 is 9.47 Å². The number of para-hydroxylation sites is 1. The molecule has 0 aliphatic rings. The van der Waals surface area contributed by atoms with E-state index >= 15 is 0 Å². The summed E-state index contributed by atoms with van der Waals surface area (Å²) in [5, 5.41) is 5.09. The number of ether oxygens (including phenoxy) is 2. The van der Waals surface area contributed by atoms with E-state index in [1.165, 1.54) is 16.8 Å². The van der Waals surface area contributed by atoms with E-state index < -0.39 is 0 Å². The molecule has 1 heterocycles. The van der Waals surface area contributed by atoms with Crippen LogP contribution in [0.15, 0.2) is 93.2 Å². The number of aromatic nitrogens is 2. The molecule has 0 radical (unpaired) electrons. The second-order valence-corrected chi connectivity index (χ2v) is 10.8. The van der Waals surface area contributed by atoms with Gasteiger partial charge in [0, 0.05) is 5.56 Å². The lowest BCUT2D eigenvalue weighted by Gasteiger charge is -2.17. The molecule has 0 amide bonds. The molecule has 5 aromatic rings. The summed E-state index contributed by atoms with van der Waals surface area (Å²) >= 11 is 3.55. The van der Waals surface area contributed by atoms with E-state index in [9.17, 15) is 9.18 Å². The smallest absolute Gasteiger partial charge is 0.282 e. The van der Waals surface area contributed by atoms with Crippen LogP contribution in [-0.2, 0) is 6.61 Å². The lowest BCUT2D eigenvalue weighted by Crippen LogP contribution is -2.20. The van der Waals surface area contributed by atoms with Crippen molar-refractivity contribution in [2.45, 2.75) is 33.3 Å². The van der Waals surface area contributed by atoms with Crippen molar-refractivity contribution in [3.05, 3.63) is 122 Å². The minimum absolute atomic E-state index is 0.201. The predicted octanol–water partition coefficient (Wildman–Crippen LogP) is 7.87. The molecule has 0 unspecified atom stereocenters. The van der Waals surface area contributed by atoms with Crippen LogP contribution < -0.4 is 15.0 Å². The van der Waals surface area contributed by atoms with E-state index in [2.05, 4.69) is 34.9 Å². The Hall–Kier alpha value is -4.30. The van der Waals surface area contributed by atoms with Crippen molar-refractivity contribution in [3.63, 3.8) is 0 Å². The number of hydrogen-bond donors (Lipinski definition) is 0. The molecule has 4 aromatic carbocycles. The Bertz CT molecular complexity index is 1830. The summed E-state index contributed by atoms with van der Waals surface area (Å²) in [4.78, 5) is 18.6. The van der Waals surface area contributed by atoms with Gasteiger partial charge in [0.2, 0.25) is 0 Å². The quantitative estimate of drug-likeness (QED) is 0.167. The highest BCUT2D eigenvalue weighted by molar-refractivity contribution is 9.10. The highest BCUT2D eigenvalue weighted by Crippen LogP contribution is 2.34. The molecular formula is C33H29BrFN3O3. The van der Waals surface area contributed by atoms with Gasteiger partial charge in [0.05, 0.1) is 28.7 Å². The highest BCUT2D eigenvalue weighted by Gasteiger charge is 2.18. The number of rotatable bonds is 8. The molecule has 0 N–H and O–H groups in total. The molecule has 6 nitrogen and oxygen atoms in total. The van der Waals surface area contributed by atoms with Gasteiger partial charge >= 0.3 is 0 Å². The van der Waals surface area contributed by atoms with Crippen molar-refractivity contribution in [1.29, 1.82) is 0 Å². The Labute approximate surface area is 246 Å². The third kappa shape index (κ3) is 6.07. The number of hydrogen-bond acceptors (Lipinski definition) is 5. The fourth-order valence-corrected chi connectivity index (χ4v) is 5.11. The van der Waals surface area contributed by atoms with Crippen LogP contribution in [0.4, 0.5) is 4.39 Å². The maximum atomic E-state index is 13.7. The average Bonchev–Trinajstić information content (AvgIpc) is 2.96. The lowest BCUT2D eigenvalue weighted by molar-refractivity contribution is 0.303. The van der Waals surface area contributed by atoms with Crippen LogP contribution in [0.3, 0.4) is 0 Å². The van der Waals surface area contributed by atoms with Crippen LogP contribution in [-0.4, -0.2) is 23.0 Å². The van der Waals surface area contributed by atoms with Gasteiger partial charge in [-0.05, 0) is 106 Å². The third-order valence-corrected chi connectivity index (χ3v) is 7.37. The molecule has 0 fully saturated rings. The van der Waals surface area contributed by atoms with E-state index in [0.29, 0.717) is 26.9 Å². The predicted molar refractivity (Wildman–Crippen MR) is 165 cm³/mol. The van der Waals surface area contributed by atoms with E-state index in [1.54, 1.807) is 37.6 Å². The molecule has 0 saturated carbocycles. The van der Waals surface area contributed by atoms with Crippen molar-refractivity contribution >= 4 is 33.0 Å². The number of aryl methyl sites for hydroxylation is 1. The molecule has 0 aliphatic carbocycles. The molecule has 1 aromatic heterocycles. The fraction of sp³-hybridized carbons (Fsp3) is 0.182. The van der Waals surface area contributed by atoms with Crippen LogP contribution >= 0.6 is 15.9 Å². The highest BCUT2D eigenvalue weighted by atomic mass is 79.9. The first kappa shape index (κ1) is 28.2. The molecule has 0 bridgehead atoms.